The van der Waals surface area contributed by atoms with Gasteiger partial charge < -0.3 is 4.42 Å². The molecule has 0 aliphatic heterocycles. The van der Waals surface area contributed by atoms with Gasteiger partial charge in [-0.1, -0.05) is 0 Å². The van der Waals surface area contributed by atoms with Crippen molar-refractivity contribution in [3.63, 3.8) is 0 Å². The van der Waals surface area contributed by atoms with E-state index in [1.807, 2.05) is 0 Å². The van der Waals surface area contributed by atoms with Gasteiger partial charge in [-0.3, -0.25) is 4.79 Å². The fraction of sp³-hybridized carbons (Fsp3) is 0.0833. The summed E-state index contributed by atoms with van der Waals surface area (Å²) in [5.41, 5.74) is -2.12. The smallest absolute Gasteiger partial charge is 0.433 e. The standard InChI is InChI=1S/C12H6F3N3O2/c13-12(14,15)9-6-11(19)16-10-4-3-7(17-18(9)10)8-2-1-5-20-8/h1-6H. The van der Waals surface area contributed by atoms with E-state index in [2.05, 4.69) is 10.1 Å². The Bertz CT molecular complexity index is 822. The van der Waals surface area contributed by atoms with Crippen molar-refractivity contribution in [3.05, 3.63) is 52.6 Å². The average molecular weight is 281 g/mol. The van der Waals surface area contributed by atoms with Crippen LogP contribution in [0.15, 0.2) is 45.8 Å². The quantitative estimate of drug-likeness (QED) is 0.687. The Kier molecular flexibility index (Phi) is 2.60. The number of alkyl halides is 3. The lowest BCUT2D eigenvalue weighted by molar-refractivity contribution is -0.142. The zero-order valence-electron chi connectivity index (χ0n) is 9.76. The number of hydrogen-bond acceptors (Lipinski definition) is 4. The molecule has 0 saturated carbocycles. The van der Waals surface area contributed by atoms with Crippen LogP contribution >= 0.6 is 0 Å². The fourth-order valence-corrected chi connectivity index (χ4v) is 1.76. The topological polar surface area (TPSA) is 60.4 Å². The Morgan fingerprint density at radius 3 is 2.65 bits per heavy atom. The Balaban J connectivity index is 2.33. The minimum atomic E-state index is -4.71. The highest BCUT2D eigenvalue weighted by molar-refractivity contribution is 5.54. The molecule has 0 bridgehead atoms. The van der Waals surface area contributed by atoms with Crippen molar-refractivity contribution in [2.45, 2.75) is 6.18 Å². The summed E-state index contributed by atoms with van der Waals surface area (Å²) < 4.78 is 44.4. The van der Waals surface area contributed by atoms with Gasteiger partial charge in [-0.05, 0) is 24.3 Å². The lowest BCUT2D eigenvalue weighted by Crippen LogP contribution is -2.20. The maximum absolute atomic E-state index is 12.9. The molecule has 0 atom stereocenters. The molecule has 0 aromatic carbocycles. The van der Waals surface area contributed by atoms with E-state index in [0.717, 1.165) is 0 Å². The second-order valence-corrected chi connectivity index (χ2v) is 3.94. The van der Waals surface area contributed by atoms with Gasteiger partial charge in [0.25, 0.3) is 5.56 Å². The molecule has 0 radical (unpaired) electrons. The summed E-state index contributed by atoms with van der Waals surface area (Å²) in [5.74, 6) is 0.318. The summed E-state index contributed by atoms with van der Waals surface area (Å²) in [7, 11) is 0. The Labute approximate surface area is 109 Å². The van der Waals surface area contributed by atoms with Gasteiger partial charge in [-0.25, -0.2) is 4.52 Å². The van der Waals surface area contributed by atoms with Crippen molar-refractivity contribution < 1.29 is 17.6 Å². The summed E-state index contributed by atoms with van der Waals surface area (Å²) in [6.45, 7) is 0. The monoisotopic (exact) mass is 281 g/mol. The van der Waals surface area contributed by atoms with Gasteiger partial charge in [0.05, 0.1) is 6.26 Å². The fourth-order valence-electron chi connectivity index (χ4n) is 1.76. The molecule has 20 heavy (non-hydrogen) atoms. The van der Waals surface area contributed by atoms with Gasteiger partial charge in [-0.2, -0.15) is 23.3 Å². The van der Waals surface area contributed by atoms with Crippen LogP contribution in [0.5, 0.6) is 0 Å². The van der Waals surface area contributed by atoms with E-state index in [-0.39, 0.29) is 11.3 Å². The molecule has 3 aromatic rings. The molecule has 3 heterocycles. The highest BCUT2D eigenvalue weighted by Crippen LogP contribution is 2.28. The molecule has 0 spiro atoms. The first-order valence-corrected chi connectivity index (χ1v) is 5.47. The van der Waals surface area contributed by atoms with Crippen molar-refractivity contribution >= 4 is 5.65 Å². The number of furan rings is 1. The predicted molar refractivity (Wildman–Crippen MR) is 62.0 cm³/mol. The lowest BCUT2D eigenvalue weighted by Gasteiger charge is -2.10. The van der Waals surface area contributed by atoms with Crippen LogP contribution in [0.25, 0.3) is 17.1 Å². The van der Waals surface area contributed by atoms with Crippen LogP contribution in [-0.4, -0.2) is 14.6 Å². The normalized spacial score (nSPS) is 11.9. The number of nitrogens with zero attached hydrogens (tertiary/aromatic N) is 3. The maximum atomic E-state index is 12.9. The minimum absolute atomic E-state index is 0.180. The molecule has 0 saturated heterocycles. The van der Waals surface area contributed by atoms with E-state index in [9.17, 15) is 18.0 Å². The zero-order chi connectivity index (χ0) is 14.3. The van der Waals surface area contributed by atoms with Gasteiger partial charge in [0.1, 0.15) is 5.69 Å². The molecule has 0 aliphatic rings. The Morgan fingerprint density at radius 2 is 2.00 bits per heavy atom. The van der Waals surface area contributed by atoms with Crippen LogP contribution < -0.4 is 5.56 Å². The number of rotatable bonds is 1. The van der Waals surface area contributed by atoms with E-state index >= 15 is 0 Å². The molecule has 0 N–H and O–H groups in total. The number of halogens is 3. The van der Waals surface area contributed by atoms with Crippen molar-refractivity contribution in [2.75, 3.05) is 0 Å². The number of hydrogen-bond donors (Lipinski definition) is 0. The molecular formula is C12H6F3N3O2. The molecule has 0 unspecified atom stereocenters. The van der Waals surface area contributed by atoms with E-state index in [4.69, 9.17) is 4.42 Å². The third-order valence-electron chi connectivity index (χ3n) is 2.59. The number of fused-ring (bicyclic) bond motifs is 1. The first-order chi connectivity index (χ1) is 9.45. The summed E-state index contributed by atoms with van der Waals surface area (Å²) in [6.07, 6.45) is -3.32. The largest absolute Gasteiger partial charge is 0.463 e. The average Bonchev–Trinajstić information content (AvgIpc) is 2.90. The molecule has 0 fully saturated rings. The minimum Gasteiger partial charge on any atom is -0.463 e. The molecule has 3 rings (SSSR count). The molecule has 102 valence electrons. The van der Waals surface area contributed by atoms with E-state index in [1.165, 1.54) is 18.4 Å². The molecule has 0 aliphatic carbocycles. The Hall–Kier alpha value is -2.64. The SMILES string of the molecule is O=c1cc(C(F)(F)F)n2nc(-c3ccco3)ccc2n1. The third-order valence-corrected chi connectivity index (χ3v) is 2.59. The van der Waals surface area contributed by atoms with Crippen molar-refractivity contribution in [2.24, 2.45) is 0 Å². The van der Waals surface area contributed by atoms with Crippen molar-refractivity contribution in [3.8, 4) is 11.5 Å². The van der Waals surface area contributed by atoms with E-state index in [1.54, 1.807) is 12.1 Å². The van der Waals surface area contributed by atoms with Crippen LogP contribution in [0, 0.1) is 0 Å². The summed E-state index contributed by atoms with van der Waals surface area (Å²) in [4.78, 5) is 14.7. The van der Waals surface area contributed by atoms with Crippen LogP contribution in [0.3, 0.4) is 0 Å². The van der Waals surface area contributed by atoms with Gasteiger partial charge in [0.2, 0.25) is 0 Å². The van der Waals surface area contributed by atoms with Gasteiger partial charge in [-0.15, -0.1) is 0 Å². The van der Waals surface area contributed by atoms with Crippen molar-refractivity contribution in [1.82, 2.24) is 14.6 Å². The molecule has 0 amide bonds. The lowest BCUT2D eigenvalue weighted by atomic mass is 10.3. The first-order valence-electron chi connectivity index (χ1n) is 5.47. The van der Waals surface area contributed by atoms with Gasteiger partial charge in [0.15, 0.2) is 17.1 Å². The van der Waals surface area contributed by atoms with Crippen LogP contribution in [-0.2, 0) is 6.18 Å². The number of aromatic nitrogens is 3. The second-order valence-electron chi connectivity index (χ2n) is 3.94. The third kappa shape index (κ3) is 2.04. The summed E-state index contributed by atoms with van der Waals surface area (Å²) >= 11 is 0. The molecule has 5 nitrogen and oxygen atoms in total. The highest BCUT2D eigenvalue weighted by Gasteiger charge is 2.34. The first kappa shape index (κ1) is 12.4. The highest BCUT2D eigenvalue weighted by atomic mass is 19.4. The Morgan fingerprint density at radius 1 is 1.20 bits per heavy atom. The zero-order valence-corrected chi connectivity index (χ0v) is 9.76. The summed E-state index contributed by atoms with van der Waals surface area (Å²) in [6, 6.07) is 6.28. The second kappa shape index (κ2) is 4.19. The van der Waals surface area contributed by atoms with E-state index < -0.39 is 17.4 Å². The van der Waals surface area contributed by atoms with Crippen molar-refractivity contribution in [1.29, 1.82) is 0 Å². The van der Waals surface area contributed by atoms with Gasteiger partial charge in [0, 0.05) is 6.07 Å². The summed E-state index contributed by atoms with van der Waals surface area (Å²) in [5, 5.41) is 3.83. The predicted octanol–water partition coefficient (Wildman–Crippen LogP) is 2.37. The maximum Gasteiger partial charge on any atom is 0.433 e. The van der Waals surface area contributed by atoms with E-state index in [0.29, 0.717) is 16.3 Å². The molecule has 3 aromatic heterocycles. The van der Waals surface area contributed by atoms with Crippen LogP contribution in [0.4, 0.5) is 13.2 Å². The van der Waals surface area contributed by atoms with Crippen LogP contribution in [0.2, 0.25) is 0 Å². The van der Waals surface area contributed by atoms with Crippen LogP contribution in [0.1, 0.15) is 5.69 Å². The van der Waals surface area contributed by atoms with Gasteiger partial charge >= 0.3 is 6.18 Å². The molecular weight excluding hydrogens is 275 g/mol. The molecule has 8 heteroatoms.